The van der Waals surface area contributed by atoms with Gasteiger partial charge in [-0.25, -0.2) is 29.1 Å². The summed E-state index contributed by atoms with van der Waals surface area (Å²) in [7, 11) is 0. The molecule has 182 valence electrons. The second kappa shape index (κ2) is 9.54. The third kappa shape index (κ3) is 5.28. The zero-order chi connectivity index (χ0) is 25.1. The molecule has 0 bridgehead atoms. The highest BCUT2D eigenvalue weighted by Crippen LogP contribution is 2.27. The number of aromatic amines is 2. The molecule has 0 fully saturated rings. The van der Waals surface area contributed by atoms with Crippen molar-refractivity contribution in [2.75, 3.05) is 0 Å². The van der Waals surface area contributed by atoms with Gasteiger partial charge in [-0.1, -0.05) is 24.3 Å². The molecule has 0 spiro atoms. The van der Waals surface area contributed by atoms with E-state index in [9.17, 15) is 19.2 Å². The Bertz CT molecular complexity index is 1570. The zero-order valence-corrected chi connectivity index (χ0v) is 18.5. The number of benzene rings is 3. The zero-order valence-electron chi connectivity index (χ0n) is 18.5. The van der Waals surface area contributed by atoms with Crippen LogP contribution in [-0.4, -0.2) is 19.4 Å². The van der Waals surface area contributed by atoms with Crippen molar-refractivity contribution in [3.8, 4) is 23.0 Å². The van der Waals surface area contributed by atoms with Gasteiger partial charge < -0.3 is 18.5 Å². The first-order valence-corrected chi connectivity index (χ1v) is 10.7. The molecular formula is C24H18N4O8. The maximum atomic E-state index is 11.5. The Morgan fingerprint density at radius 3 is 1.11 bits per heavy atom. The van der Waals surface area contributed by atoms with Crippen molar-refractivity contribution >= 4 is 0 Å². The van der Waals surface area contributed by atoms with Gasteiger partial charge in [-0.15, -0.1) is 9.48 Å². The minimum atomic E-state index is -0.800. The van der Waals surface area contributed by atoms with Crippen LogP contribution in [-0.2, 0) is 13.1 Å². The third-order valence-corrected chi connectivity index (χ3v) is 5.05. The highest BCUT2D eigenvalue weighted by Gasteiger charge is 2.07. The summed E-state index contributed by atoms with van der Waals surface area (Å²) in [6, 6.07) is 21.0. The lowest BCUT2D eigenvalue weighted by atomic mass is 10.2. The van der Waals surface area contributed by atoms with Crippen molar-refractivity contribution in [2.24, 2.45) is 0 Å². The van der Waals surface area contributed by atoms with Gasteiger partial charge in [-0.2, -0.15) is 0 Å². The van der Waals surface area contributed by atoms with Crippen molar-refractivity contribution in [2.45, 2.75) is 13.1 Å². The molecule has 0 saturated carbocycles. The molecule has 0 unspecified atom stereocenters. The highest BCUT2D eigenvalue weighted by molar-refractivity contribution is 5.39. The summed E-state index contributed by atoms with van der Waals surface area (Å²) in [6.45, 7) is 0.234. The van der Waals surface area contributed by atoms with Gasteiger partial charge in [0.1, 0.15) is 23.0 Å². The van der Waals surface area contributed by atoms with E-state index in [1.54, 1.807) is 72.8 Å². The van der Waals surface area contributed by atoms with E-state index >= 15 is 0 Å². The lowest BCUT2D eigenvalue weighted by molar-refractivity contribution is 0.258. The van der Waals surface area contributed by atoms with Crippen LogP contribution in [0.4, 0.5) is 0 Å². The van der Waals surface area contributed by atoms with Crippen LogP contribution in [0.3, 0.4) is 0 Å². The van der Waals surface area contributed by atoms with E-state index in [1.807, 2.05) is 9.97 Å². The maximum absolute atomic E-state index is 11.5. The summed E-state index contributed by atoms with van der Waals surface area (Å²) in [5.74, 6) is 0.761. The van der Waals surface area contributed by atoms with Crippen molar-refractivity contribution in [1.82, 2.24) is 19.4 Å². The third-order valence-electron chi connectivity index (χ3n) is 5.05. The van der Waals surface area contributed by atoms with Gasteiger partial charge in [0.05, 0.1) is 13.1 Å². The topological polar surface area (TPSA) is 154 Å². The number of nitrogens with zero attached hydrogens (tertiary/aromatic N) is 2. The van der Waals surface area contributed by atoms with E-state index in [0.717, 1.165) is 20.6 Å². The first kappa shape index (κ1) is 22.5. The van der Waals surface area contributed by atoms with Gasteiger partial charge in [0, 0.05) is 0 Å². The average molecular weight is 490 g/mol. The molecule has 3 aromatic carbocycles. The average Bonchev–Trinajstić information content (AvgIpc) is 3.35. The molecule has 12 nitrogen and oxygen atoms in total. The van der Waals surface area contributed by atoms with Gasteiger partial charge in [0.25, 0.3) is 0 Å². The number of rotatable bonds is 8. The van der Waals surface area contributed by atoms with E-state index < -0.39 is 22.9 Å². The van der Waals surface area contributed by atoms with E-state index in [0.29, 0.717) is 23.0 Å². The molecule has 12 heteroatoms. The summed E-state index contributed by atoms with van der Waals surface area (Å²) < 4.78 is 23.1. The van der Waals surface area contributed by atoms with Crippen LogP contribution >= 0.6 is 0 Å². The van der Waals surface area contributed by atoms with Crippen LogP contribution < -0.4 is 32.4 Å². The Morgan fingerprint density at radius 2 is 0.833 bits per heavy atom. The van der Waals surface area contributed by atoms with Crippen LogP contribution in [0, 0.1) is 0 Å². The summed E-state index contributed by atoms with van der Waals surface area (Å²) >= 11 is 0. The van der Waals surface area contributed by atoms with Gasteiger partial charge in [-0.3, -0.25) is 0 Å². The summed E-state index contributed by atoms with van der Waals surface area (Å²) in [4.78, 5) is 49.3. The largest absolute Gasteiger partial charge is 0.457 e. The lowest BCUT2D eigenvalue weighted by Crippen LogP contribution is -2.17. The molecule has 0 aliphatic carbocycles. The summed E-state index contributed by atoms with van der Waals surface area (Å²) in [6.07, 6.45) is 0. The van der Waals surface area contributed by atoms with Gasteiger partial charge in [0.2, 0.25) is 0 Å². The first-order valence-electron chi connectivity index (χ1n) is 10.7. The minimum Gasteiger partial charge on any atom is -0.457 e. The Balaban J connectivity index is 1.17. The molecule has 5 aromatic rings. The molecule has 0 radical (unpaired) electrons. The molecule has 2 aromatic heterocycles. The van der Waals surface area contributed by atoms with Crippen LogP contribution in [0.1, 0.15) is 11.1 Å². The molecule has 2 N–H and O–H groups in total. The molecule has 5 rings (SSSR count). The molecule has 0 atom stereocenters. The first-order chi connectivity index (χ1) is 17.4. The SMILES string of the molecule is O=c1[nH]c(=O)n(Cc2ccc(Oc3ccc(Oc4ccc(Cn5oc(=O)[nH]c5=O)cc4)cc3)cc2)o1. The molecule has 0 amide bonds. The molecule has 36 heavy (non-hydrogen) atoms. The summed E-state index contributed by atoms with van der Waals surface area (Å²) in [5.41, 5.74) is 0.294. The Labute approximate surface area is 200 Å². The summed E-state index contributed by atoms with van der Waals surface area (Å²) in [5, 5.41) is 0. The Kier molecular flexibility index (Phi) is 5.97. The van der Waals surface area contributed by atoms with Crippen LogP contribution in [0.15, 0.2) is 101 Å². The number of nitrogens with one attached hydrogen (secondary N) is 2. The van der Waals surface area contributed by atoms with Crippen molar-refractivity contribution < 1.29 is 18.5 Å². The van der Waals surface area contributed by atoms with Gasteiger partial charge in [-0.05, 0) is 59.7 Å². The van der Waals surface area contributed by atoms with Crippen LogP contribution in [0.25, 0.3) is 0 Å². The molecule has 0 saturated heterocycles. The fraction of sp³-hybridized carbons (Fsp3) is 0.0833. The normalized spacial score (nSPS) is 10.9. The van der Waals surface area contributed by atoms with E-state index in [1.165, 1.54) is 0 Å². The highest BCUT2D eigenvalue weighted by atomic mass is 16.5. The van der Waals surface area contributed by atoms with E-state index in [2.05, 4.69) is 0 Å². The number of aromatic nitrogens is 4. The fourth-order valence-corrected chi connectivity index (χ4v) is 3.34. The maximum Gasteiger partial charge on any atom is 0.440 e. The number of hydrogen-bond donors (Lipinski definition) is 2. The standard InChI is InChI=1S/C24H18N4O8/c29-21-25-23(31)35-27(21)13-15-1-5-17(6-2-15)33-19-9-11-20(12-10-19)34-18-7-3-16(4-8-18)14-28-22(30)26-24(32)36-28/h1-12H,13-14H2,(H,25,29,31)(H,26,30,32). The second-order valence-corrected chi connectivity index (χ2v) is 7.65. The van der Waals surface area contributed by atoms with Crippen LogP contribution in [0.2, 0.25) is 0 Å². The monoisotopic (exact) mass is 490 g/mol. The molecule has 2 heterocycles. The molecule has 0 aliphatic rings. The van der Waals surface area contributed by atoms with Gasteiger partial charge >= 0.3 is 22.9 Å². The quantitative estimate of drug-likeness (QED) is 0.336. The predicted molar refractivity (Wildman–Crippen MR) is 125 cm³/mol. The minimum absolute atomic E-state index is 0.117. The number of ether oxygens (including phenoxy) is 2. The van der Waals surface area contributed by atoms with Crippen molar-refractivity contribution in [3.63, 3.8) is 0 Å². The Morgan fingerprint density at radius 1 is 0.528 bits per heavy atom. The van der Waals surface area contributed by atoms with E-state index in [4.69, 9.17) is 18.5 Å². The smallest absolute Gasteiger partial charge is 0.440 e. The fourth-order valence-electron chi connectivity index (χ4n) is 3.34. The molecular weight excluding hydrogens is 472 g/mol. The molecule has 0 aliphatic heterocycles. The number of hydrogen-bond acceptors (Lipinski definition) is 8. The van der Waals surface area contributed by atoms with Crippen molar-refractivity contribution in [1.29, 1.82) is 0 Å². The lowest BCUT2D eigenvalue weighted by Gasteiger charge is -2.09. The van der Waals surface area contributed by atoms with E-state index in [-0.39, 0.29) is 13.1 Å². The number of H-pyrrole nitrogens is 2. The van der Waals surface area contributed by atoms with Crippen LogP contribution in [0.5, 0.6) is 23.0 Å². The predicted octanol–water partition coefficient (Wildman–Crippen LogP) is 2.25. The Hall–Kier alpha value is -5.26. The second-order valence-electron chi connectivity index (χ2n) is 7.65. The van der Waals surface area contributed by atoms with Gasteiger partial charge in [0.15, 0.2) is 0 Å². The van der Waals surface area contributed by atoms with Crippen molar-refractivity contribution in [3.05, 3.63) is 126 Å².